The van der Waals surface area contributed by atoms with Gasteiger partial charge in [-0.15, -0.1) is 0 Å². The first kappa shape index (κ1) is 24.4. The Morgan fingerprint density at radius 1 is 1.21 bits per heavy atom. The SMILES string of the molecule is C[C@H]1CN(CP(=O)(OC[C@@H]2CNCCO2)N(C)C)C[C@@H](CO[PH](=O)N(C)C)O1. The predicted octanol–water partition coefficient (Wildman–Crippen LogP) is 0.761. The highest BCUT2D eigenvalue weighted by molar-refractivity contribution is 7.56. The van der Waals surface area contributed by atoms with E-state index in [1.807, 2.05) is 6.92 Å². The summed E-state index contributed by atoms with van der Waals surface area (Å²) in [4.78, 5) is 2.08. The summed E-state index contributed by atoms with van der Waals surface area (Å²) >= 11 is 0. The highest BCUT2D eigenvalue weighted by atomic mass is 31.2. The first-order valence-corrected chi connectivity index (χ1v) is 12.7. The molecule has 10 nitrogen and oxygen atoms in total. The topological polar surface area (TPSA) is 92.8 Å². The van der Waals surface area contributed by atoms with Gasteiger partial charge in [0.2, 0.25) is 0 Å². The van der Waals surface area contributed by atoms with Crippen molar-refractivity contribution in [2.24, 2.45) is 0 Å². The first-order valence-electron chi connectivity index (χ1n) is 9.65. The second kappa shape index (κ2) is 11.5. The molecule has 0 bridgehead atoms. The second-order valence-electron chi connectivity index (χ2n) is 7.69. The van der Waals surface area contributed by atoms with E-state index in [1.165, 1.54) is 0 Å². The van der Waals surface area contributed by atoms with Gasteiger partial charge in [-0.05, 0) is 35.1 Å². The Balaban J connectivity index is 1.90. The number of morpholine rings is 2. The zero-order valence-corrected chi connectivity index (χ0v) is 19.5. The molecule has 166 valence electrons. The Labute approximate surface area is 169 Å². The van der Waals surface area contributed by atoms with Crippen molar-refractivity contribution in [2.45, 2.75) is 25.2 Å². The van der Waals surface area contributed by atoms with Crippen LogP contribution in [-0.4, -0.2) is 113 Å². The van der Waals surface area contributed by atoms with Crippen LogP contribution in [-0.2, 0) is 27.7 Å². The van der Waals surface area contributed by atoms with Crippen LogP contribution in [0, 0.1) is 0 Å². The molecule has 2 rings (SSSR count). The molecule has 0 aliphatic carbocycles. The zero-order chi connectivity index (χ0) is 20.7. The molecule has 0 amide bonds. The number of rotatable bonds is 10. The molecule has 5 atom stereocenters. The smallest absolute Gasteiger partial charge is 0.285 e. The summed E-state index contributed by atoms with van der Waals surface area (Å²) in [6.45, 7) is 5.88. The van der Waals surface area contributed by atoms with Gasteiger partial charge in [0.15, 0.2) is 0 Å². The van der Waals surface area contributed by atoms with E-state index < -0.39 is 15.7 Å². The minimum Gasteiger partial charge on any atom is -0.373 e. The zero-order valence-electron chi connectivity index (χ0n) is 17.6. The summed E-state index contributed by atoms with van der Waals surface area (Å²) in [6.07, 6.45) is -0.0483. The van der Waals surface area contributed by atoms with Gasteiger partial charge < -0.3 is 23.8 Å². The van der Waals surface area contributed by atoms with E-state index >= 15 is 0 Å². The van der Waals surface area contributed by atoms with Crippen LogP contribution in [0.25, 0.3) is 0 Å². The molecular formula is C16H36N4O6P2. The fourth-order valence-electron chi connectivity index (χ4n) is 3.10. The monoisotopic (exact) mass is 442 g/mol. The normalized spacial score (nSPS) is 30.5. The van der Waals surface area contributed by atoms with Gasteiger partial charge in [-0.2, -0.15) is 0 Å². The van der Waals surface area contributed by atoms with Crippen LogP contribution >= 0.6 is 15.7 Å². The van der Waals surface area contributed by atoms with Crippen LogP contribution in [0.3, 0.4) is 0 Å². The summed E-state index contributed by atoms with van der Waals surface area (Å²) in [5.74, 6) is 0. The standard InChI is InChI=1S/C16H36N4O6P2/c1-14-9-20(10-16(26-14)11-24-27(21)18(2)3)13-28(22,19(4)5)25-12-15-8-17-6-7-23-15/h14-17,27H,6-13H2,1-5H3/t14-,15-,16-,28?/m0/s1. The number of hydrogen-bond acceptors (Lipinski definition) is 8. The lowest BCUT2D eigenvalue weighted by molar-refractivity contribution is -0.0877. The Kier molecular flexibility index (Phi) is 10.0. The lowest BCUT2D eigenvalue weighted by atomic mass is 10.2. The molecule has 2 heterocycles. The number of nitrogens with one attached hydrogen (secondary N) is 1. The fraction of sp³-hybridized carbons (Fsp3) is 1.00. The van der Waals surface area contributed by atoms with Crippen molar-refractivity contribution in [3.8, 4) is 0 Å². The molecule has 12 heteroatoms. The van der Waals surface area contributed by atoms with E-state index in [-0.39, 0.29) is 24.9 Å². The minimum atomic E-state index is -3.04. The van der Waals surface area contributed by atoms with E-state index in [4.69, 9.17) is 18.5 Å². The maximum absolute atomic E-state index is 13.5. The van der Waals surface area contributed by atoms with Gasteiger partial charge in [-0.25, -0.2) is 9.34 Å². The maximum Gasteiger partial charge on any atom is 0.285 e. The molecular weight excluding hydrogens is 406 g/mol. The lowest BCUT2D eigenvalue weighted by Gasteiger charge is -2.39. The second-order valence-corrected chi connectivity index (χ2v) is 12.0. The summed E-state index contributed by atoms with van der Waals surface area (Å²) in [7, 11) is 1.70. The molecule has 1 N–H and O–H groups in total. The van der Waals surface area contributed by atoms with Crippen molar-refractivity contribution in [3.63, 3.8) is 0 Å². The van der Waals surface area contributed by atoms with Crippen molar-refractivity contribution in [1.82, 2.24) is 19.6 Å². The van der Waals surface area contributed by atoms with Crippen molar-refractivity contribution in [1.29, 1.82) is 0 Å². The molecule has 2 unspecified atom stereocenters. The highest BCUT2D eigenvalue weighted by Crippen LogP contribution is 2.49. The van der Waals surface area contributed by atoms with Crippen LogP contribution in [0.15, 0.2) is 0 Å². The molecule has 2 saturated heterocycles. The predicted molar refractivity (Wildman–Crippen MR) is 109 cm³/mol. The molecule has 0 saturated carbocycles. The summed E-state index contributed by atoms with van der Waals surface area (Å²) < 4.78 is 51.4. The molecule has 0 aromatic carbocycles. The van der Waals surface area contributed by atoms with Gasteiger partial charge in [0, 0.05) is 26.2 Å². The van der Waals surface area contributed by atoms with E-state index in [2.05, 4.69) is 10.2 Å². The average Bonchev–Trinajstić information content (AvgIpc) is 2.64. The Morgan fingerprint density at radius 3 is 2.57 bits per heavy atom. The van der Waals surface area contributed by atoms with Crippen molar-refractivity contribution >= 4 is 15.7 Å². The van der Waals surface area contributed by atoms with E-state index in [1.54, 1.807) is 37.5 Å². The molecule has 0 radical (unpaired) electrons. The Bertz CT molecular complexity index is 547. The van der Waals surface area contributed by atoms with Crippen LogP contribution < -0.4 is 5.32 Å². The van der Waals surface area contributed by atoms with Crippen molar-refractivity contribution in [2.75, 3.05) is 80.5 Å². The van der Waals surface area contributed by atoms with Crippen LogP contribution in [0.2, 0.25) is 0 Å². The quantitative estimate of drug-likeness (QED) is 0.489. The van der Waals surface area contributed by atoms with Crippen LogP contribution in [0.4, 0.5) is 0 Å². The molecule has 2 aliphatic heterocycles. The largest absolute Gasteiger partial charge is 0.373 e. The van der Waals surface area contributed by atoms with Crippen LogP contribution in [0.1, 0.15) is 6.92 Å². The minimum absolute atomic E-state index is 0.0366. The third kappa shape index (κ3) is 7.76. The summed E-state index contributed by atoms with van der Waals surface area (Å²) in [5, 5.41) is 3.25. The van der Waals surface area contributed by atoms with Crippen LogP contribution in [0.5, 0.6) is 0 Å². The molecule has 0 aromatic rings. The van der Waals surface area contributed by atoms with Gasteiger partial charge in [-0.3, -0.25) is 14.0 Å². The number of hydrogen-bond donors (Lipinski definition) is 1. The van der Waals surface area contributed by atoms with E-state index in [0.29, 0.717) is 39.1 Å². The molecule has 0 spiro atoms. The number of ether oxygens (including phenoxy) is 2. The Morgan fingerprint density at radius 2 is 1.96 bits per heavy atom. The molecule has 2 aliphatic rings. The van der Waals surface area contributed by atoms with E-state index in [9.17, 15) is 9.13 Å². The molecule has 0 aromatic heterocycles. The van der Waals surface area contributed by atoms with Gasteiger partial charge in [0.05, 0.1) is 44.4 Å². The average molecular weight is 442 g/mol. The van der Waals surface area contributed by atoms with E-state index in [0.717, 1.165) is 6.54 Å². The number of nitrogens with zero attached hydrogens (tertiary/aromatic N) is 3. The van der Waals surface area contributed by atoms with Crippen molar-refractivity contribution < 1.29 is 27.7 Å². The van der Waals surface area contributed by atoms with Crippen molar-refractivity contribution in [3.05, 3.63) is 0 Å². The van der Waals surface area contributed by atoms with Gasteiger partial charge in [0.1, 0.15) is 0 Å². The van der Waals surface area contributed by atoms with Gasteiger partial charge in [-0.1, -0.05) is 0 Å². The summed E-state index contributed by atoms with van der Waals surface area (Å²) in [5.41, 5.74) is 0. The molecule has 2 fully saturated rings. The third-order valence-electron chi connectivity index (χ3n) is 4.61. The van der Waals surface area contributed by atoms with Gasteiger partial charge >= 0.3 is 0 Å². The Hall–Kier alpha value is 0.140. The van der Waals surface area contributed by atoms with Gasteiger partial charge in [0.25, 0.3) is 15.7 Å². The molecule has 28 heavy (non-hydrogen) atoms. The lowest BCUT2D eigenvalue weighted by Crippen LogP contribution is -2.49. The highest BCUT2D eigenvalue weighted by Gasteiger charge is 2.35. The third-order valence-corrected chi connectivity index (χ3v) is 8.29. The summed E-state index contributed by atoms with van der Waals surface area (Å²) in [6, 6.07) is 0. The maximum atomic E-state index is 13.5. The first-order chi connectivity index (χ1) is 13.2. The fourth-order valence-corrected chi connectivity index (χ4v) is 5.39.